The molecule has 0 unspecified atom stereocenters. The van der Waals surface area contributed by atoms with Crippen LogP contribution in [0, 0.1) is 13.8 Å². The molecule has 0 spiro atoms. The fourth-order valence-corrected chi connectivity index (χ4v) is 2.92. The maximum Gasteiger partial charge on any atom is 0.125 e. The molecule has 0 saturated heterocycles. The van der Waals surface area contributed by atoms with E-state index in [9.17, 15) is 0 Å². The van der Waals surface area contributed by atoms with E-state index in [1.807, 2.05) is 13.1 Å². The Bertz CT molecular complexity index is 564. The number of fused-ring (bicyclic) bond motifs is 1. The minimum atomic E-state index is 0.873. The predicted molar refractivity (Wildman–Crippen MR) is 71.4 cm³/mol. The highest BCUT2D eigenvalue weighted by atomic mass is 32.1. The average molecular weight is 260 g/mol. The smallest absolute Gasteiger partial charge is 0.125 e. The van der Waals surface area contributed by atoms with Gasteiger partial charge in [0, 0.05) is 48.9 Å². The fraction of sp³-hybridized carbons (Fsp3) is 0.462. The predicted octanol–water partition coefficient (Wildman–Crippen LogP) is 2.11. The van der Waals surface area contributed by atoms with Crippen molar-refractivity contribution in [3.05, 3.63) is 39.4 Å². The SMILES string of the molecule is Cc1ncc2c(n1)CCN(Cc1csc(C)n1)C2. The maximum absolute atomic E-state index is 4.52. The van der Waals surface area contributed by atoms with Gasteiger partial charge in [-0.05, 0) is 13.8 Å². The summed E-state index contributed by atoms with van der Waals surface area (Å²) in [7, 11) is 0. The van der Waals surface area contributed by atoms with Crippen LogP contribution in [-0.2, 0) is 19.5 Å². The van der Waals surface area contributed by atoms with Gasteiger partial charge in [0.15, 0.2) is 0 Å². The van der Waals surface area contributed by atoms with Crippen LogP contribution in [0.2, 0.25) is 0 Å². The van der Waals surface area contributed by atoms with E-state index in [1.54, 1.807) is 11.3 Å². The second kappa shape index (κ2) is 4.74. The van der Waals surface area contributed by atoms with Crippen LogP contribution in [0.3, 0.4) is 0 Å². The zero-order valence-corrected chi connectivity index (χ0v) is 11.5. The van der Waals surface area contributed by atoms with E-state index in [0.29, 0.717) is 0 Å². The molecule has 3 heterocycles. The fourth-order valence-electron chi connectivity index (χ4n) is 2.32. The molecule has 0 bridgehead atoms. The third-order valence-electron chi connectivity index (χ3n) is 3.19. The Balaban J connectivity index is 1.73. The summed E-state index contributed by atoms with van der Waals surface area (Å²) in [5.41, 5.74) is 3.65. The third kappa shape index (κ3) is 2.42. The van der Waals surface area contributed by atoms with Gasteiger partial charge in [-0.25, -0.2) is 15.0 Å². The van der Waals surface area contributed by atoms with Gasteiger partial charge < -0.3 is 0 Å². The van der Waals surface area contributed by atoms with E-state index in [4.69, 9.17) is 0 Å². The monoisotopic (exact) mass is 260 g/mol. The Morgan fingerprint density at radius 1 is 1.33 bits per heavy atom. The number of nitrogens with zero attached hydrogens (tertiary/aromatic N) is 4. The van der Waals surface area contributed by atoms with E-state index in [1.165, 1.54) is 17.0 Å². The number of hydrogen-bond acceptors (Lipinski definition) is 5. The zero-order valence-electron chi connectivity index (χ0n) is 10.7. The molecule has 2 aromatic rings. The van der Waals surface area contributed by atoms with Gasteiger partial charge in [-0.15, -0.1) is 11.3 Å². The molecule has 18 heavy (non-hydrogen) atoms. The Morgan fingerprint density at radius 2 is 2.22 bits per heavy atom. The van der Waals surface area contributed by atoms with Crippen LogP contribution >= 0.6 is 11.3 Å². The van der Waals surface area contributed by atoms with E-state index in [0.717, 1.165) is 36.9 Å². The van der Waals surface area contributed by atoms with Crippen LogP contribution < -0.4 is 0 Å². The third-order valence-corrected chi connectivity index (χ3v) is 4.01. The van der Waals surface area contributed by atoms with Crippen molar-refractivity contribution in [2.24, 2.45) is 0 Å². The van der Waals surface area contributed by atoms with Crippen LogP contribution in [0.5, 0.6) is 0 Å². The van der Waals surface area contributed by atoms with Crippen LogP contribution in [0.4, 0.5) is 0 Å². The highest BCUT2D eigenvalue weighted by molar-refractivity contribution is 7.09. The van der Waals surface area contributed by atoms with Gasteiger partial charge in [0.05, 0.1) is 10.7 Å². The molecule has 1 aliphatic heterocycles. The molecule has 4 nitrogen and oxygen atoms in total. The van der Waals surface area contributed by atoms with Crippen molar-refractivity contribution in [3.63, 3.8) is 0 Å². The first-order chi connectivity index (χ1) is 8.70. The van der Waals surface area contributed by atoms with Crippen molar-refractivity contribution in [2.75, 3.05) is 6.54 Å². The highest BCUT2D eigenvalue weighted by Crippen LogP contribution is 2.19. The number of aryl methyl sites for hydroxylation is 2. The minimum absolute atomic E-state index is 0.873. The summed E-state index contributed by atoms with van der Waals surface area (Å²) in [6, 6.07) is 0. The summed E-state index contributed by atoms with van der Waals surface area (Å²) in [6.07, 6.45) is 2.98. The Morgan fingerprint density at radius 3 is 3.00 bits per heavy atom. The molecule has 5 heteroatoms. The summed E-state index contributed by atoms with van der Waals surface area (Å²) >= 11 is 1.72. The molecular formula is C13H16N4S. The molecule has 2 aromatic heterocycles. The second-order valence-corrected chi connectivity index (χ2v) is 5.77. The first-order valence-electron chi connectivity index (χ1n) is 6.15. The lowest BCUT2D eigenvalue weighted by molar-refractivity contribution is 0.240. The van der Waals surface area contributed by atoms with Crippen molar-refractivity contribution in [1.29, 1.82) is 0 Å². The van der Waals surface area contributed by atoms with Crippen LogP contribution in [0.1, 0.15) is 27.8 Å². The van der Waals surface area contributed by atoms with Crippen LogP contribution in [0.15, 0.2) is 11.6 Å². The molecule has 0 saturated carbocycles. The van der Waals surface area contributed by atoms with Gasteiger partial charge in [0.2, 0.25) is 0 Å². The Hall–Kier alpha value is -1.33. The molecule has 0 amide bonds. The zero-order chi connectivity index (χ0) is 12.5. The molecule has 3 rings (SSSR count). The minimum Gasteiger partial charge on any atom is -0.293 e. The number of thiazole rings is 1. The topological polar surface area (TPSA) is 41.9 Å². The van der Waals surface area contributed by atoms with Gasteiger partial charge >= 0.3 is 0 Å². The standard InChI is InChI=1S/C13H16N4S/c1-9-14-5-11-6-17(4-3-13(11)15-9)7-12-8-18-10(2)16-12/h5,8H,3-4,6-7H2,1-2H3. The van der Waals surface area contributed by atoms with Crippen LogP contribution in [-0.4, -0.2) is 26.4 Å². The molecule has 0 aromatic carbocycles. The largest absolute Gasteiger partial charge is 0.293 e. The first kappa shape index (κ1) is 11.7. The van der Waals surface area contributed by atoms with Crippen molar-refractivity contribution in [3.8, 4) is 0 Å². The number of rotatable bonds is 2. The lowest BCUT2D eigenvalue weighted by Gasteiger charge is -2.27. The van der Waals surface area contributed by atoms with Gasteiger partial charge in [-0.1, -0.05) is 0 Å². The maximum atomic E-state index is 4.52. The van der Waals surface area contributed by atoms with Crippen molar-refractivity contribution in [1.82, 2.24) is 19.9 Å². The lowest BCUT2D eigenvalue weighted by Crippen LogP contribution is -2.31. The molecule has 94 valence electrons. The van der Waals surface area contributed by atoms with Gasteiger partial charge in [0.25, 0.3) is 0 Å². The summed E-state index contributed by atoms with van der Waals surface area (Å²) in [5.74, 6) is 0.873. The van der Waals surface area contributed by atoms with Crippen molar-refractivity contribution >= 4 is 11.3 Å². The van der Waals surface area contributed by atoms with Crippen molar-refractivity contribution in [2.45, 2.75) is 33.4 Å². The summed E-state index contributed by atoms with van der Waals surface area (Å²) in [4.78, 5) is 15.7. The number of aromatic nitrogens is 3. The molecule has 0 fully saturated rings. The van der Waals surface area contributed by atoms with Crippen LogP contribution in [0.25, 0.3) is 0 Å². The van der Waals surface area contributed by atoms with Gasteiger partial charge in [-0.3, -0.25) is 4.90 Å². The summed E-state index contributed by atoms with van der Waals surface area (Å²) < 4.78 is 0. The van der Waals surface area contributed by atoms with E-state index < -0.39 is 0 Å². The molecule has 0 N–H and O–H groups in total. The van der Waals surface area contributed by atoms with Gasteiger partial charge in [0.1, 0.15) is 5.82 Å². The molecule has 0 aliphatic carbocycles. The highest BCUT2D eigenvalue weighted by Gasteiger charge is 2.18. The Kier molecular flexibility index (Phi) is 3.09. The second-order valence-electron chi connectivity index (χ2n) is 4.71. The summed E-state index contributed by atoms with van der Waals surface area (Å²) in [6.45, 7) is 6.92. The quantitative estimate of drug-likeness (QED) is 0.829. The lowest BCUT2D eigenvalue weighted by atomic mass is 10.1. The normalized spacial score (nSPS) is 15.7. The van der Waals surface area contributed by atoms with E-state index >= 15 is 0 Å². The van der Waals surface area contributed by atoms with E-state index in [2.05, 4.69) is 32.2 Å². The van der Waals surface area contributed by atoms with Crippen molar-refractivity contribution < 1.29 is 0 Å². The first-order valence-corrected chi connectivity index (χ1v) is 7.03. The average Bonchev–Trinajstić information content (AvgIpc) is 2.75. The van der Waals surface area contributed by atoms with Gasteiger partial charge in [-0.2, -0.15) is 0 Å². The molecular weight excluding hydrogens is 244 g/mol. The Labute approximate surface area is 111 Å². The summed E-state index contributed by atoms with van der Waals surface area (Å²) in [5, 5.41) is 3.29. The molecule has 1 aliphatic rings. The number of hydrogen-bond donors (Lipinski definition) is 0. The van der Waals surface area contributed by atoms with E-state index in [-0.39, 0.29) is 0 Å². The molecule has 0 radical (unpaired) electrons. The molecule has 0 atom stereocenters.